The molecule has 0 N–H and O–H groups in total. The van der Waals surface area contributed by atoms with Crippen LogP contribution in [-0.2, 0) is 0 Å². The molecular formula is C9H19NS. The molecule has 0 rings (SSSR count). The molecule has 0 aliphatic rings. The molecule has 0 saturated heterocycles. The van der Waals surface area contributed by atoms with Gasteiger partial charge in [0.15, 0.2) is 0 Å². The normalized spacial score (nSPS) is 10.8. The number of rotatable bonds is 3. The van der Waals surface area contributed by atoms with Gasteiger partial charge in [-0.15, -0.1) is 0 Å². The maximum absolute atomic E-state index is 5.14. The van der Waals surface area contributed by atoms with Crippen molar-refractivity contribution in [2.24, 2.45) is 5.92 Å². The van der Waals surface area contributed by atoms with Crippen molar-refractivity contribution in [3.8, 4) is 0 Å². The Morgan fingerprint density at radius 1 is 1.27 bits per heavy atom. The number of hydrogen-bond acceptors (Lipinski definition) is 1. The zero-order chi connectivity index (χ0) is 9.02. The molecule has 0 bridgehead atoms. The van der Waals surface area contributed by atoms with Crippen LogP contribution in [0, 0.1) is 5.92 Å². The van der Waals surface area contributed by atoms with Gasteiger partial charge in [0.25, 0.3) is 0 Å². The quantitative estimate of drug-likeness (QED) is 0.604. The van der Waals surface area contributed by atoms with Crippen molar-refractivity contribution in [3.05, 3.63) is 0 Å². The number of nitrogens with zero attached hydrogens (tertiary/aromatic N) is 1. The Hall–Kier alpha value is -0.110. The molecular weight excluding hydrogens is 154 g/mol. The van der Waals surface area contributed by atoms with Gasteiger partial charge in [0.1, 0.15) is 0 Å². The van der Waals surface area contributed by atoms with Crippen molar-refractivity contribution in [1.82, 2.24) is 4.90 Å². The van der Waals surface area contributed by atoms with Crippen LogP contribution in [0.15, 0.2) is 0 Å². The van der Waals surface area contributed by atoms with Crippen molar-refractivity contribution < 1.29 is 0 Å². The largest absolute Gasteiger partial charge is 0.364 e. The first-order valence-electron chi connectivity index (χ1n) is 4.22. The predicted octanol–water partition coefficient (Wildman–Crippen LogP) is 2.70. The summed E-state index contributed by atoms with van der Waals surface area (Å²) >= 11 is 5.14. The van der Waals surface area contributed by atoms with E-state index in [2.05, 4.69) is 32.6 Å². The third kappa shape index (κ3) is 4.35. The fourth-order valence-electron chi connectivity index (χ4n) is 1.10. The Balaban J connectivity index is 4.01. The Labute approximate surface area is 75.8 Å². The first kappa shape index (κ1) is 10.9. The molecule has 0 aliphatic carbocycles. The van der Waals surface area contributed by atoms with Crippen LogP contribution in [0.1, 0.15) is 34.6 Å². The summed E-state index contributed by atoms with van der Waals surface area (Å²) in [4.78, 5) is 3.27. The average Bonchev–Trinajstić information content (AvgIpc) is 1.81. The second-order valence-corrected chi connectivity index (χ2v) is 4.25. The Morgan fingerprint density at radius 2 is 1.73 bits per heavy atom. The smallest absolute Gasteiger partial charge is 0.0750 e. The average molecular weight is 173 g/mol. The highest BCUT2D eigenvalue weighted by Gasteiger charge is 2.10. The molecule has 0 unspecified atom stereocenters. The summed E-state index contributed by atoms with van der Waals surface area (Å²) in [6.07, 6.45) is 0. The van der Waals surface area contributed by atoms with Crippen molar-refractivity contribution >= 4 is 17.2 Å². The molecule has 0 spiro atoms. The lowest BCUT2D eigenvalue weighted by atomic mass is 10.2. The minimum atomic E-state index is 0.537. The highest BCUT2D eigenvalue weighted by Crippen LogP contribution is 2.05. The lowest BCUT2D eigenvalue weighted by Gasteiger charge is -2.29. The molecule has 1 nitrogen and oxygen atoms in total. The molecule has 2 heteroatoms. The van der Waals surface area contributed by atoms with Gasteiger partial charge in [-0.25, -0.2) is 0 Å². The second-order valence-electron chi connectivity index (χ2n) is 3.66. The topological polar surface area (TPSA) is 3.24 Å². The second kappa shape index (κ2) is 4.70. The summed E-state index contributed by atoms with van der Waals surface area (Å²) in [5, 5.41) is 0. The van der Waals surface area contributed by atoms with Gasteiger partial charge in [-0.05, 0) is 26.7 Å². The van der Waals surface area contributed by atoms with Crippen LogP contribution in [0.5, 0.6) is 0 Å². The Bertz CT molecular complexity index is 130. The van der Waals surface area contributed by atoms with Crippen LogP contribution in [0.2, 0.25) is 0 Å². The summed E-state index contributed by atoms with van der Waals surface area (Å²) in [5.41, 5.74) is 0. The minimum Gasteiger partial charge on any atom is -0.364 e. The highest BCUT2D eigenvalue weighted by molar-refractivity contribution is 7.80. The van der Waals surface area contributed by atoms with Crippen molar-refractivity contribution in [2.45, 2.75) is 40.7 Å². The number of hydrogen-bond donors (Lipinski definition) is 0. The van der Waals surface area contributed by atoms with Gasteiger partial charge >= 0.3 is 0 Å². The number of thiocarbonyl (C=S) groups is 1. The van der Waals surface area contributed by atoms with E-state index in [0.717, 1.165) is 11.5 Å². The predicted molar refractivity (Wildman–Crippen MR) is 55.0 cm³/mol. The molecule has 0 fully saturated rings. The zero-order valence-corrected chi connectivity index (χ0v) is 9.03. The third-order valence-corrected chi connectivity index (χ3v) is 1.82. The molecule has 0 aliphatic heterocycles. The van der Waals surface area contributed by atoms with Gasteiger partial charge in [0, 0.05) is 12.6 Å². The van der Waals surface area contributed by atoms with E-state index in [0.29, 0.717) is 12.0 Å². The summed E-state index contributed by atoms with van der Waals surface area (Å²) < 4.78 is 0. The molecule has 0 aromatic heterocycles. The van der Waals surface area contributed by atoms with Crippen LogP contribution >= 0.6 is 12.2 Å². The van der Waals surface area contributed by atoms with Gasteiger partial charge in [0.2, 0.25) is 0 Å². The summed E-state index contributed by atoms with van der Waals surface area (Å²) in [6.45, 7) is 11.9. The molecule has 66 valence electrons. The van der Waals surface area contributed by atoms with Gasteiger partial charge in [0.05, 0.1) is 4.99 Å². The standard InChI is InChI=1S/C9H19NS/c1-7(2)6-10(8(3)4)9(5)11/h7-8H,6H2,1-5H3. The fraction of sp³-hybridized carbons (Fsp3) is 0.889. The molecule has 0 atom stereocenters. The highest BCUT2D eigenvalue weighted by atomic mass is 32.1. The van der Waals surface area contributed by atoms with E-state index in [1.807, 2.05) is 6.92 Å². The van der Waals surface area contributed by atoms with Crippen molar-refractivity contribution in [2.75, 3.05) is 6.54 Å². The van der Waals surface area contributed by atoms with Gasteiger partial charge in [-0.3, -0.25) is 0 Å². The molecule has 0 amide bonds. The first-order chi connectivity index (χ1) is 4.95. The zero-order valence-electron chi connectivity index (χ0n) is 8.22. The lowest BCUT2D eigenvalue weighted by Crippen LogP contribution is -2.36. The van der Waals surface area contributed by atoms with E-state index in [-0.39, 0.29) is 0 Å². The van der Waals surface area contributed by atoms with E-state index in [9.17, 15) is 0 Å². The van der Waals surface area contributed by atoms with E-state index < -0.39 is 0 Å². The van der Waals surface area contributed by atoms with E-state index >= 15 is 0 Å². The fourth-order valence-corrected chi connectivity index (χ4v) is 1.38. The van der Waals surface area contributed by atoms with Gasteiger partial charge < -0.3 is 4.90 Å². The van der Waals surface area contributed by atoms with Crippen LogP contribution in [0.4, 0.5) is 0 Å². The molecule has 0 aromatic rings. The van der Waals surface area contributed by atoms with Crippen LogP contribution < -0.4 is 0 Å². The molecule has 0 aromatic carbocycles. The molecule has 0 saturated carbocycles. The third-order valence-electron chi connectivity index (χ3n) is 1.59. The molecule has 0 heterocycles. The molecule has 11 heavy (non-hydrogen) atoms. The van der Waals surface area contributed by atoms with Crippen LogP contribution in [0.3, 0.4) is 0 Å². The van der Waals surface area contributed by atoms with Crippen molar-refractivity contribution in [1.29, 1.82) is 0 Å². The summed E-state index contributed by atoms with van der Waals surface area (Å²) in [7, 11) is 0. The maximum Gasteiger partial charge on any atom is 0.0750 e. The van der Waals surface area contributed by atoms with E-state index in [1.165, 1.54) is 0 Å². The SMILES string of the molecule is CC(=S)N(CC(C)C)C(C)C. The monoisotopic (exact) mass is 173 g/mol. The van der Waals surface area contributed by atoms with E-state index in [4.69, 9.17) is 12.2 Å². The van der Waals surface area contributed by atoms with E-state index in [1.54, 1.807) is 0 Å². The Kier molecular flexibility index (Phi) is 4.66. The van der Waals surface area contributed by atoms with Crippen molar-refractivity contribution in [3.63, 3.8) is 0 Å². The van der Waals surface area contributed by atoms with Gasteiger partial charge in [-0.2, -0.15) is 0 Å². The first-order valence-corrected chi connectivity index (χ1v) is 4.63. The lowest BCUT2D eigenvalue weighted by molar-refractivity contribution is 0.314. The summed E-state index contributed by atoms with van der Waals surface area (Å²) in [6, 6.07) is 0.537. The van der Waals surface area contributed by atoms with Crippen LogP contribution in [0.25, 0.3) is 0 Å². The van der Waals surface area contributed by atoms with Gasteiger partial charge in [-0.1, -0.05) is 26.1 Å². The minimum absolute atomic E-state index is 0.537. The maximum atomic E-state index is 5.14. The molecule has 0 radical (unpaired) electrons. The Morgan fingerprint density at radius 3 is 1.82 bits per heavy atom. The van der Waals surface area contributed by atoms with Crippen LogP contribution in [-0.4, -0.2) is 22.5 Å². The summed E-state index contributed by atoms with van der Waals surface area (Å²) in [5.74, 6) is 0.690.